The number of rotatable bonds is 6. The van der Waals surface area contributed by atoms with E-state index < -0.39 is 12.5 Å². The second kappa shape index (κ2) is 7.61. The van der Waals surface area contributed by atoms with Gasteiger partial charge < -0.3 is 13.7 Å². The minimum Gasteiger partial charge on any atom is -0.461 e. The fraction of sp³-hybridized carbons (Fsp3) is 0.0556. The lowest BCUT2D eigenvalue weighted by molar-refractivity contribution is -0.0494. The summed E-state index contributed by atoms with van der Waals surface area (Å²) < 4.78 is 39.9. The SMILES string of the molecule is O=C(Nc1nc(-c2ccccc2OC(F)F)cs1)c1cc(-c2ccco2)on1. The second-order valence-electron chi connectivity index (χ2n) is 5.42. The summed E-state index contributed by atoms with van der Waals surface area (Å²) >= 11 is 1.14. The number of hydrogen-bond donors (Lipinski definition) is 1. The first-order valence-corrected chi connectivity index (χ1v) is 8.80. The number of para-hydroxylation sites is 1. The minimum atomic E-state index is -2.95. The maximum atomic E-state index is 12.6. The van der Waals surface area contributed by atoms with Crippen molar-refractivity contribution in [2.24, 2.45) is 0 Å². The molecule has 0 spiro atoms. The van der Waals surface area contributed by atoms with E-state index in [1.807, 2.05) is 0 Å². The Kier molecular flexibility index (Phi) is 4.85. The van der Waals surface area contributed by atoms with Gasteiger partial charge in [0, 0.05) is 17.0 Å². The zero-order chi connectivity index (χ0) is 19.5. The highest BCUT2D eigenvalue weighted by Crippen LogP contribution is 2.33. The van der Waals surface area contributed by atoms with Crippen molar-refractivity contribution in [1.29, 1.82) is 0 Å². The predicted octanol–water partition coefficient (Wildman–Crippen LogP) is 4.91. The van der Waals surface area contributed by atoms with E-state index in [0.29, 0.717) is 22.8 Å². The number of nitrogens with zero attached hydrogens (tertiary/aromatic N) is 2. The van der Waals surface area contributed by atoms with Gasteiger partial charge in [-0.05, 0) is 24.3 Å². The van der Waals surface area contributed by atoms with E-state index in [2.05, 4.69) is 20.2 Å². The van der Waals surface area contributed by atoms with Crippen LogP contribution in [0.25, 0.3) is 22.8 Å². The second-order valence-corrected chi connectivity index (χ2v) is 6.28. The normalized spacial score (nSPS) is 11.0. The highest BCUT2D eigenvalue weighted by molar-refractivity contribution is 7.14. The first-order chi connectivity index (χ1) is 13.6. The molecule has 0 aliphatic rings. The number of furan rings is 1. The van der Waals surface area contributed by atoms with Crippen LogP contribution >= 0.6 is 11.3 Å². The van der Waals surface area contributed by atoms with Gasteiger partial charge in [0.25, 0.3) is 5.91 Å². The first-order valence-electron chi connectivity index (χ1n) is 7.92. The van der Waals surface area contributed by atoms with Gasteiger partial charge >= 0.3 is 6.61 Å². The zero-order valence-corrected chi connectivity index (χ0v) is 14.8. The van der Waals surface area contributed by atoms with Gasteiger partial charge in [-0.2, -0.15) is 8.78 Å². The Bertz CT molecular complexity index is 1090. The number of nitrogens with one attached hydrogen (secondary N) is 1. The largest absolute Gasteiger partial charge is 0.461 e. The Morgan fingerprint density at radius 1 is 1.18 bits per heavy atom. The predicted molar refractivity (Wildman–Crippen MR) is 96.3 cm³/mol. The van der Waals surface area contributed by atoms with Gasteiger partial charge in [-0.3, -0.25) is 10.1 Å². The smallest absolute Gasteiger partial charge is 0.387 e. The number of thiazole rings is 1. The van der Waals surface area contributed by atoms with Crippen molar-refractivity contribution in [3.63, 3.8) is 0 Å². The number of amides is 1. The molecule has 0 bridgehead atoms. The average Bonchev–Trinajstić information content (AvgIpc) is 3.42. The average molecular weight is 403 g/mol. The fourth-order valence-electron chi connectivity index (χ4n) is 2.41. The first kappa shape index (κ1) is 17.9. The quantitative estimate of drug-likeness (QED) is 0.492. The number of alkyl halides is 2. The van der Waals surface area contributed by atoms with Crippen LogP contribution in [0.3, 0.4) is 0 Å². The molecule has 1 amide bonds. The van der Waals surface area contributed by atoms with Crippen molar-refractivity contribution >= 4 is 22.4 Å². The minimum absolute atomic E-state index is 0.000248. The third-order valence-electron chi connectivity index (χ3n) is 3.61. The number of halogens is 2. The molecule has 0 aliphatic carbocycles. The van der Waals surface area contributed by atoms with E-state index in [0.717, 1.165) is 11.3 Å². The van der Waals surface area contributed by atoms with Gasteiger partial charge in [0.2, 0.25) is 5.76 Å². The van der Waals surface area contributed by atoms with E-state index in [-0.39, 0.29) is 16.6 Å². The number of ether oxygens (including phenoxy) is 1. The molecule has 4 rings (SSSR count). The Morgan fingerprint density at radius 2 is 2.04 bits per heavy atom. The Hall–Kier alpha value is -3.53. The summed E-state index contributed by atoms with van der Waals surface area (Å²) in [6.07, 6.45) is 1.48. The fourth-order valence-corrected chi connectivity index (χ4v) is 3.12. The molecular weight excluding hydrogens is 392 g/mol. The topological polar surface area (TPSA) is 90.4 Å². The van der Waals surface area contributed by atoms with Crippen LogP contribution in [0.1, 0.15) is 10.5 Å². The summed E-state index contributed by atoms with van der Waals surface area (Å²) in [6, 6.07) is 11.1. The van der Waals surface area contributed by atoms with E-state index in [9.17, 15) is 13.6 Å². The van der Waals surface area contributed by atoms with Crippen LogP contribution in [0, 0.1) is 0 Å². The van der Waals surface area contributed by atoms with Gasteiger partial charge in [-0.1, -0.05) is 17.3 Å². The molecule has 1 aromatic carbocycles. The molecule has 0 fully saturated rings. The molecule has 0 atom stereocenters. The molecule has 28 heavy (non-hydrogen) atoms. The lowest BCUT2D eigenvalue weighted by Crippen LogP contribution is -2.11. The Balaban J connectivity index is 1.50. The summed E-state index contributed by atoms with van der Waals surface area (Å²) in [5, 5.41) is 8.20. The van der Waals surface area contributed by atoms with Gasteiger partial charge in [0.05, 0.1) is 12.0 Å². The maximum Gasteiger partial charge on any atom is 0.387 e. The number of benzene rings is 1. The molecule has 3 heterocycles. The summed E-state index contributed by atoms with van der Waals surface area (Å²) in [4.78, 5) is 16.6. The standard InChI is InChI=1S/C18H11F2N3O4S/c19-17(20)26-13-5-2-1-4-10(13)12-9-28-18(21-12)22-16(24)11-8-15(27-23-11)14-6-3-7-25-14/h1-9,17H,(H,21,22,24). The molecule has 10 heteroatoms. The summed E-state index contributed by atoms with van der Waals surface area (Å²) in [5.41, 5.74) is 0.832. The summed E-state index contributed by atoms with van der Waals surface area (Å²) in [7, 11) is 0. The number of carbonyl (C=O) groups is 1. The number of carbonyl (C=O) groups excluding carboxylic acids is 1. The van der Waals surface area contributed by atoms with Crippen molar-refractivity contribution in [3.8, 4) is 28.5 Å². The third kappa shape index (κ3) is 3.76. The number of aromatic nitrogens is 2. The molecule has 0 aliphatic heterocycles. The van der Waals surface area contributed by atoms with E-state index in [1.165, 1.54) is 18.4 Å². The monoisotopic (exact) mass is 403 g/mol. The van der Waals surface area contributed by atoms with Crippen molar-refractivity contribution in [2.45, 2.75) is 6.61 Å². The molecule has 4 aromatic rings. The van der Waals surface area contributed by atoms with Gasteiger partial charge in [-0.25, -0.2) is 4.98 Å². The molecular formula is C18H11F2N3O4S. The van der Waals surface area contributed by atoms with Crippen molar-refractivity contribution < 1.29 is 27.3 Å². The molecule has 0 saturated heterocycles. The molecule has 142 valence electrons. The Morgan fingerprint density at radius 3 is 2.82 bits per heavy atom. The highest BCUT2D eigenvalue weighted by atomic mass is 32.1. The van der Waals surface area contributed by atoms with Crippen molar-refractivity contribution in [2.75, 3.05) is 5.32 Å². The van der Waals surface area contributed by atoms with Crippen LogP contribution in [0.2, 0.25) is 0 Å². The van der Waals surface area contributed by atoms with Gasteiger partial charge in [0.15, 0.2) is 16.6 Å². The summed E-state index contributed by atoms with van der Waals surface area (Å²) in [5.74, 6) is 0.228. The van der Waals surface area contributed by atoms with Crippen LogP contribution in [-0.4, -0.2) is 22.7 Å². The van der Waals surface area contributed by atoms with E-state index in [4.69, 9.17) is 8.94 Å². The molecule has 0 saturated carbocycles. The molecule has 0 radical (unpaired) electrons. The lowest BCUT2D eigenvalue weighted by Gasteiger charge is -2.08. The van der Waals surface area contributed by atoms with Gasteiger partial charge in [-0.15, -0.1) is 11.3 Å². The van der Waals surface area contributed by atoms with Crippen LogP contribution in [-0.2, 0) is 0 Å². The molecule has 0 unspecified atom stereocenters. The molecule has 3 aromatic heterocycles. The lowest BCUT2D eigenvalue weighted by atomic mass is 10.1. The van der Waals surface area contributed by atoms with Gasteiger partial charge in [0.1, 0.15) is 5.75 Å². The maximum absolute atomic E-state index is 12.6. The summed E-state index contributed by atoms with van der Waals surface area (Å²) in [6.45, 7) is -2.95. The van der Waals surface area contributed by atoms with Crippen molar-refractivity contribution in [3.05, 3.63) is 59.8 Å². The zero-order valence-electron chi connectivity index (χ0n) is 14.0. The molecule has 7 nitrogen and oxygen atoms in total. The van der Waals surface area contributed by atoms with E-state index in [1.54, 1.807) is 35.7 Å². The van der Waals surface area contributed by atoms with Crippen LogP contribution in [0.4, 0.5) is 13.9 Å². The third-order valence-corrected chi connectivity index (χ3v) is 4.37. The highest BCUT2D eigenvalue weighted by Gasteiger charge is 2.18. The Labute approximate surface area is 160 Å². The van der Waals surface area contributed by atoms with Crippen LogP contribution < -0.4 is 10.1 Å². The van der Waals surface area contributed by atoms with E-state index >= 15 is 0 Å². The van der Waals surface area contributed by atoms with Crippen LogP contribution in [0.15, 0.2) is 63.0 Å². The molecule has 1 N–H and O–H groups in total. The number of hydrogen-bond acceptors (Lipinski definition) is 7. The van der Waals surface area contributed by atoms with Crippen LogP contribution in [0.5, 0.6) is 5.75 Å². The van der Waals surface area contributed by atoms with Crippen molar-refractivity contribution in [1.82, 2.24) is 10.1 Å². The number of anilines is 1.